The second-order valence-corrected chi connectivity index (χ2v) is 5.20. The molecule has 0 saturated heterocycles. The van der Waals surface area contributed by atoms with E-state index in [1.807, 2.05) is 32.0 Å². The van der Waals surface area contributed by atoms with Gasteiger partial charge in [-0.2, -0.15) is 0 Å². The number of thiazole rings is 1. The van der Waals surface area contributed by atoms with E-state index in [0.717, 1.165) is 22.7 Å². The maximum Gasteiger partial charge on any atom is 0.130 e. The van der Waals surface area contributed by atoms with Gasteiger partial charge in [-0.1, -0.05) is 6.07 Å². The summed E-state index contributed by atoms with van der Waals surface area (Å²) in [5, 5.41) is 0.889. The van der Waals surface area contributed by atoms with Crippen LogP contribution in [0, 0.1) is 13.8 Å². The lowest BCUT2D eigenvalue weighted by molar-refractivity contribution is -0.109. The molecule has 0 radical (unpaired) electrons. The predicted molar refractivity (Wildman–Crippen MR) is 68.3 cm³/mol. The standard InChI is InChI=1S/C13H14N2OS/c1-9-10(2)17-13(15-9)11(8-16)7-12-5-3-4-6-14-12/h3-6,8,11H,7H2,1-2H3. The van der Waals surface area contributed by atoms with E-state index in [4.69, 9.17) is 0 Å². The van der Waals surface area contributed by atoms with Crippen molar-refractivity contribution >= 4 is 17.6 Å². The number of aldehydes is 1. The fourth-order valence-corrected chi connectivity index (χ4v) is 2.57. The molecule has 0 aliphatic carbocycles. The molecular formula is C13H14N2OS. The quantitative estimate of drug-likeness (QED) is 0.779. The van der Waals surface area contributed by atoms with Crippen molar-refractivity contribution in [1.82, 2.24) is 9.97 Å². The van der Waals surface area contributed by atoms with Crippen LogP contribution in [0.1, 0.15) is 27.2 Å². The smallest absolute Gasteiger partial charge is 0.130 e. The zero-order valence-corrected chi connectivity index (χ0v) is 10.7. The summed E-state index contributed by atoms with van der Waals surface area (Å²) in [5.74, 6) is -0.178. The molecule has 0 aliphatic heterocycles. The average molecular weight is 246 g/mol. The highest BCUT2D eigenvalue weighted by Crippen LogP contribution is 2.25. The maximum atomic E-state index is 11.2. The lowest BCUT2D eigenvalue weighted by Crippen LogP contribution is -2.05. The maximum absolute atomic E-state index is 11.2. The SMILES string of the molecule is Cc1nc(C(C=O)Cc2ccccn2)sc1C. The number of carbonyl (C=O) groups is 1. The molecular weight excluding hydrogens is 232 g/mol. The van der Waals surface area contributed by atoms with Crippen LogP contribution in [-0.4, -0.2) is 16.3 Å². The Morgan fingerprint density at radius 1 is 1.41 bits per heavy atom. The Hall–Kier alpha value is -1.55. The van der Waals surface area contributed by atoms with Crippen molar-refractivity contribution in [1.29, 1.82) is 0 Å². The van der Waals surface area contributed by atoms with Crippen molar-refractivity contribution in [2.24, 2.45) is 0 Å². The normalized spacial score (nSPS) is 12.4. The first-order valence-electron chi connectivity index (χ1n) is 5.50. The minimum absolute atomic E-state index is 0.178. The Bertz CT molecular complexity index is 488. The third-order valence-corrected chi connectivity index (χ3v) is 3.89. The number of carbonyl (C=O) groups excluding carboxylic acids is 1. The molecule has 4 heteroatoms. The largest absolute Gasteiger partial charge is 0.303 e. The summed E-state index contributed by atoms with van der Waals surface area (Å²) >= 11 is 1.60. The fraction of sp³-hybridized carbons (Fsp3) is 0.308. The van der Waals surface area contributed by atoms with Gasteiger partial charge in [-0.15, -0.1) is 11.3 Å². The van der Waals surface area contributed by atoms with Crippen LogP contribution in [0.2, 0.25) is 0 Å². The van der Waals surface area contributed by atoms with E-state index < -0.39 is 0 Å². The molecule has 1 atom stereocenters. The van der Waals surface area contributed by atoms with Gasteiger partial charge < -0.3 is 4.79 Å². The number of aromatic nitrogens is 2. The first-order chi connectivity index (χ1) is 8.20. The van der Waals surface area contributed by atoms with E-state index in [1.165, 1.54) is 4.88 Å². The molecule has 2 aromatic rings. The summed E-state index contributed by atoms with van der Waals surface area (Å²) < 4.78 is 0. The number of hydrogen-bond acceptors (Lipinski definition) is 4. The second kappa shape index (κ2) is 5.19. The van der Waals surface area contributed by atoms with Gasteiger partial charge in [0.1, 0.15) is 11.3 Å². The Morgan fingerprint density at radius 2 is 2.24 bits per heavy atom. The Balaban J connectivity index is 2.20. The van der Waals surface area contributed by atoms with Gasteiger partial charge in [0.05, 0.1) is 11.6 Å². The topological polar surface area (TPSA) is 42.9 Å². The van der Waals surface area contributed by atoms with E-state index in [9.17, 15) is 4.79 Å². The number of pyridine rings is 1. The highest BCUT2D eigenvalue weighted by molar-refractivity contribution is 7.11. The van der Waals surface area contributed by atoms with Gasteiger partial charge in [-0.05, 0) is 26.0 Å². The molecule has 2 heterocycles. The summed E-state index contributed by atoms with van der Waals surface area (Å²) in [6.07, 6.45) is 3.33. The van der Waals surface area contributed by atoms with E-state index in [-0.39, 0.29) is 5.92 Å². The first kappa shape index (κ1) is 11.9. The Kier molecular flexibility index (Phi) is 3.64. The highest BCUT2D eigenvalue weighted by Gasteiger charge is 2.16. The van der Waals surface area contributed by atoms with Gasteiger partial charge in [-0.3, -0.25) is 4.98 Å². The molecule has 88 valence electrons. The lowest BCUT2D eigenvalue weighted by Gasteiger charge is -2.05. The molecule has 0 N–H and O–H groups in total. The van der Waals surface area contributed by atoms with E-state index in [1.54, 1.807) is 17.5 Å². The molecule has 0 aliphatic rings. The minimum Gasteiger partial charge on any atom is -0.303 e. The predicted octanol–water partition coefficient (Wildman–Crippen LogP) is 2.68. The summed E-state index contributed by atoms with van der Waals surface area (Å²) in [5.41, 5.74) is 1.94. The number of nitrogens with zero attached hydrogens (tertiary/aromatic N) is 2. The molecule has 0 aromatic carbocycles. The molecule has 0 fully saturated rings. The Labute approximate surface area is 105 Å². The van der Waals surface area contributed by atoms with Gasteiger partial charge >= 0.3 is 0 Å². The van der Waals surface area contributed by atoms with Crippen LogP contribution in [0.15, 0.2) is 24.4 Å². The first-order valence-corrected chi connectivity index (χ1v) is 6.31. The number of rotatable bonds is 4. The highest BCUT2D eigenvalue weighted by atomic mass is 32.1. The average Bonchev–Trinajstić information content (AvgIpc) is 2.68. The van der Waals surface area contributed by atoms with E-state index >= 15 is 0 Å². The summed E-state index contributed by atoms with van der Waals surface area (Å²) in [7, 11) is 0. The molecule has 3 nitrogen and oxygen atoms in total. The summed E-state index contributed by atoms with van der Waals surface area (Å²) in [6, 6.07) is 5.74. The molecule has 17 heavy (non-hydrogen) atoms. The molecule has 2 rings (SSSR count). The molecule has 0 spiro atoms. The monoisotopic (exact) mass is 246 g/mol. The fourth-order valence-electron chi connectivity index (χ4n) is 1.59. The lowest BCUT2D eigenvalue weighted by atomic mass is 10.1. The number of aryl methyl sites for hydroxylation is 2. The van der Waals surface area contributed by atoms with Gasteiger partial charge in [0.25, 0.3) is 0 Å². The zero-order chi connectivity index (χ0) is 12.3. The van der Waals surface area contributed by atoms with Crippen LogP contribution < -0.4 is 0 Å². The van der Waals surface area contributed by atoms with Crippen molar-refractivity contribution in [2.75, 3.05) is 0 Å². The van der Waals surface area contributed by atoms with Crippen LogP contribution in [0.25, 0.3) is 0 Å². The molecule has 0 saturated carbocycles. The van der Waals surface area contributed by atoms with Crippen LogP contribution in [0.4, 0.5) is 0 Å². The van der Waals surface area contributed by atoms with Crippen LogP contribution in [-0.2, 0) is 11.2 Å². The van der Waals surface area contributed by atoms with Crippen molar-refractivity contribution in [2.45, 2.75) is 26.2 Å². The third kappa shape index (κ3) is 2.77. The van der Waals surface area contributed by atoms with Gasteiger partial charge in [-0.25, -0.2) is 4.98 Å². The van der Waals surface area contributed by atoms with Crippen molar-refractivity contribution in [3.05, 3.63) is 45.7 Å². The zero-order valence-electron chi connectivity index (χ0n) is 9.88. The van der Waals surface area contributed by atoms with E-state index in [2.05, 4.69) is 9.97 Å². The van der Waals surface area contributed by atoms with Crippen LogP contribution in [0.3, 0.4) is 0 Å². The van der Waals surface area contributed by atoms with Gasteiger partial charge in [0, 0.05) is 23.2 Å². The third-order valence-electron chi connectivity index (χ3n) is 2.68. The molecule has 0 bridgehead atoms. The summed E-state index contributed by atoms with van der Waals surface area (Å²) in [4.78, 5) is 21.0. The van der Waals surface area contributed by atoms with Crippen molar-refractivity contribution < 1.29 is 4.79 Å². The molecule has 1 unspecified atom stereocenters. The van der Waals surface area contributed by atoms with Crippen molar-refractivity contribution in [3.63, 3.8) is 0 Å². The number of hydrogen-bond donors (Lipinski definition) is 0. The van der Waals surface area contributed by atoms with Crippen LogP contribution in [0.5, 0.6) is 0 Å². The van der Waals surface area contributed by atoms with Gasteiger partial charge in [0.15, 0.2) is 0 Å². The summed E-state index contributed by atoms with van der Waals surface area (Å²) in [6.45, 7) is 4.00. The van der Waals surface area contributed by atoms with E-state index in [0.29, 0.717) is 6.42 Å². The minimum atomic E-state index is -0.178. The van der Waals surface area contributed by atoms with Crippen molar-refractivity contribution in [3.8, 4) is 0 Å². The molecule has 0 amide bonds. The Morgan fingerprint density at radius 3 is 2.76 bits per heavy atom. The van der Waals surface area contributed by atoms with Gasteiger partial charge in [0.2, 0.25) is 0 Å². The van der Waals surface area contributed by atoms with Crippen LogP contribution >= 0.6 is 11.3 Å². The second-order valence-electron chi connectivity index (χ2n) is 3.96. The molecule has 2 aromatic heterocycles.